The lowest BCUT2D eigenvalue weighted by molar-refractivity contribution is -0.137. The normalized spacial score (nSPS) is 25.9. The Bertz CT molecular complexity index is 765. The van der Waals surface area contributed by atoms with Gasteiger partial charge in [-0.15, -0.1) is 0 Å². The second-order valence-corrected chi connectivity index (χ2v) is 8.28. The number of carbonyl (C=O) groups excluding carboxylic acids is 3. The predicted molar refractivity (Wildman–Crippen MR) is 103 cm³/mol. The van der Waals surface area contributed by atoms with Crippen molar-refractivity contribution in [3.8, 4) is 0 Å². The highest BCUT2D eigenvalue weighted by atomic mass is 19.1. The van der Waals surface area contributed by atoms with Crippen molar-refractivity contribution in [1.82, 2.24) is 15.5 Å². The van der Waals surface area contributed by atoms with Crippen LogP contribution in [0.5, 0.6) is 0 Å². The van der Waals surface area contributed by atoms with Crippen molar-refractivity contribution in [2.75, 3.05) is 6.54 Å². The summed E-state index contributed by atoms with van der Waals surface area (Å²) in [6, 6.07) is 5.12. The van der Waals surface area contributed by atoms with E-state index in [1.54, 1.807) is 12.1 Å². The van der Waals surface area contributed by atoms with Crippen molar-refractivity contribution in [2.45, 2.75) is 58.0 Å². The smallest absolute Gasteiger partial charge is 0.325 e. The summed E-state index contributed by atoms with van der Waals surface area (Å²) in [6.07, 6.45) is 3.42. The molecule has 2 fully saturated rings. The molecule has 1 spiro atoms. The van der Waals surface area contributed by atoms with Gasteiger partial charge in [0.1, 0.15) is 17.9 Å². The second kappa shape index (κ2) is 7.89. The number of halogens is 1. The molecule has 6 nitrogen and oxygen atoms in total. The standard InChI is InChI=1S/C21H28FN3O3/c1-13(2)18(15-7-9-16(22)10-8-15)23-17(26)12-25-19(27)21(24-20(25)28)11-5-4-6-14(21)3/h7-10,13-14,18H,4-6,11-12H2,1-3H3,(H,23,26)(H,24,28)/t14-,18-,21+/m0/s1. The summed E-state index contributed by atoms with van der Waals surface area (Å²) in [4.78, 5) is 39.1. The SMILES string of the molecule is CC(C)[C@H](NC(=O)CN1C(=O)N[C@@]2(CCCC[C@@H]2C)C1=O)c1ccc(F)cc1. The molecule has 1 saturated heterocycles. The number of benzene rings is 1. The zero-order valence-electron chi connectivity index (χ0n) is 16.6. The lowest BCUT2D eigenvalue weighted by Crippen LogP contribution is -2.54. The average Bonchev–Trinajstić information content (AvgIpc) is 2.88. The molecule has 2 N–H and O–H groups in total. The average molecular weight is 389 g/mol. The number of urea groups is 1. The van der Waals surface area contributed by atoms with Crippen LogP contribution in [0.4, 0.5) is 9.18 Å². The number of hydrogen-bond donors (Lipinski definition) is 2. The highest BCUT2D eigenvalue weighted by Crippen LogP contribution is 2.38. The van der Waals surface area contributed by atoms with Gasteiger partial charge in [-0.2, -0.15) is 0 Å². The van der Waals surface area contributed by atoms with Gasteiger partial charge in [0.25, 0.3) is 5.91 Å². The first kappa shape index (κ1) is 20.3. The highest BCUT2D eigenvalue weighted by molar-refractivity contribution is 6.09. The maximum Gasteiger partial charge on any atom is 0.325 e. The molecule has 152 valence electrons. The van der Waals surface area contributed by atoms with E-state index >= 15 is 0 Å². The topological polar surface area (TPSA) is 78.5 Å². The molecule has 28 heavy (non-hydrogen) atoms. The van der Waals surface area contributed by atoms with Gasteiger partial charge in [-0.25, -0.2) is 9.18 Å². The highest BCUT2D eigenvalue weighted by Gasteiger charge is 2.55. The molecule has 0 radical (unpaired) electrons. The molecule has 1 aliphatic heterocycles. The van der Waals surface area contributed by atoms with Crippen LogP contribution in [0.25, 0.3) is 0 Å². The van der Waals surface area contributed by atoms with Gasteiger partial charge in [-0.05, 0) is 42.4 Å². The fourth-order valence-corrected chi connectivity index (χ4v) is 4.31. The maximum absolute atomic E-state index is 13.2. The molecule has 3 rings (SSSR count). The summed E-state index contributed by atoms with van der Waals surface area (Å²) in [5.74, 6) is -0.950. The zero-order chi connectivity index (χ0) is 20.5. The first-order valence-corrected chi connectivity index (χ1v) is 9.93. The summed E-state index contributed by atoms with van der Waals surface area (Å²) >= 11 is 0. The van der Waals surface area contributed by atoms with Crippen LogP contribution in [-0.4, -0.2) is 34.8 Å². The minimum atomic E-state index is -0.871. The number of hydrogen-bond acceptors (Lipinski definition) is 3. The van der Waals surface area contributed by atoms with Gasteiger partial charge in [0.05, 0.1) is 6.04 Å². The summed E-state index contributed by atoms with van der Waals surface area (Å²) < 4.78 is 13.2. The first-order chi connectivity index (χ1) is 13.2. The lowest BCUT2D eigenvalue weighted by atomic mass is 9.73. The van der Waals surface area contributed by atoms with Crippen LogP contribution in [0.3, 0.4) is 0 Å². The molecule has 0 bridgehead atoms. The van der Waals surface area contributed by atoms with Crippen LogP contribution in [0.2, 0.25) is 0 Å². The Morgan fingerprint density at radius 2 is 1.96 bits per heavy atom. The minimum absolute atomic E-state index is 0.0494. The predicted octanol–water partition coefficient (Wildman–Crippen LogP) is 3.14. The van der Waals surface area contributed by atoms with Gasteiger partial charge in [0.15, 0.2) is 0 Å². The lowest BCUT2D eigenvalue weighted by Gasteiger charge is -2.36. The third-order valence-corrected chi connectivity index (χ3v) is 6.02. The number of nitrogens with zero attached hydrogens (tertiary/aromatic N) is 1. The van der Waals surface area contributed by atoms with Crippen LogP contribution in [-0.2, 0) is 9.59 Å². The van der Waals surface area contributed by atoms with Gasteiger partial charge in [-0.3, -0.25) is 14.5 Å². The monoisotopic (exact) mass is 389 g/mol. The number of amides is 4. The maximum atomic E-state index is 13.2. The van der Waals surface area contributed by atoms with E-state index in [4.69, 9.17) is 0 Å². The van der Waals surface area contributed by atoms with E-state index in [1.807, 2.05) is 20.8 Å². The first-order valence-electron chi connectivity index (χ1n) is 9.93. The Kier molecular flexibility index (Phi) is 5.72. The van der Waals surface area contributed by atoms with E-state index in [9.17, 15) is 18.8 Å². The van der Waals surface area contributed by atoms with Gasteiger partial charge in [0.2, 0.25) is 5.91 Å². The fraction of sp³-hybridized carbons (Fsp3) is 0.571. The largest absolute Gasteiger partial charge is 0.347 e. The Morgan fingerprint density at radius 1 is 1.29 bits per heavy atom. The second-order valence-electron chi connectivity index (χ2n) is 8.28. The van der Waals surface area contributed by atoms with E-state index in [0.29, 0.717) is 6.42 Å². The van der Waals surface area contributed by atoms with Crippen LogP contribution in [0.15, 0.2) is 24.3 Å². The van der Waals surface area contributed by atoms with Crippen LogP contribution < -0.4 is 10.6 Å². The molecule has 0 aromatic heterocycles. The van der Waals surface area contributed by atoms with Crippen molar-refractivity contribution in [1.29, 1.82) is 0 Å². The molecular formula is C21H28FN3O3. The summed E-state index contributed by atoms with van der Waals surface area (Å²) in [7, 11) is 0. The Labute approximate surface area is 164 Å². The van der Waals surface area contributed by atoms with Crippen molar-refractivity contribution in [3.63, 3.8) is 0 Å². The van der Waals surface area contributed by atoms with Crippen molar-refractivity contribution >= 4 is 17.8 Å². The Morgan fingerprint density at radius 3 is 2.57 bits per heavy atom. The molecule has 3 atom stereocenters. The molecular weight excluding hydrogens is 361 g/mol. The number of imide groups is 1. The van der Waals surface area contributed by atoms with E-state index in [1.165, 1.54) is 12.1 Å². The van der Waals surface area contributed by atoms with E-state index in [2.05, 4.69) is 10.6 Å². The summed E-state index contributed by atoms with van der Waals surface area (Å²) in [6.45, 7) is 5.55. The van der Waals surface area contributed by atoms with Crippen LogP contribution in [0, 0.1) is 17.7 Å². The van der Waals surface area contributed by atoms with Gasteiger partial charge in [-0.1, -0.05) is 45.7 Å². The molecule has 7 heteroatoms. The van der Waals surface area contributed by atoms with Crippen LogP contribution in [0.1, 0.15) is 58.1 Å². The van der Waals surface area contributed by atoms with E-state index in [-0.39, 0.29) is 36.1 Å². The third kappa shape index (κ3) is 3.75. The fourth-order valence-electron chi connectivity index (χ4n) is 4.31. The van der Waals surface area contributed by atoms with E-state index < -0.39 is 17.5 Å². The van der Waals surface area contributed by atoms with Gasteiger partial charge >= 0.3 is 6.03 Å². The molecule has 2 aliphatic rings. The van der Waals surface area contributed by atoms with E-state index in [0.717, 1.165) is 29.7 Å². The Hall–Kier alpha value is -2.44. The van der Waals surface area contributed by atoms with Crippen molar-refractivity contribution in [3.05, 3.63) is 35.6 Å². The molecule has 1 aromatic rings. The molecule has 4 amide bonds. The number of nitrogens with one attached hydrogen (secondary N) is 2. The van der Waals surface area contributed by atoms with Gasteiger partial charge in [0, 0.05) is 0 Å². The number of rotatable bonds is 5. The van der Waals surface area contributed by atoms with Gasteiger partial charge < -0.3 is 10.6 Å². The molecule has 0 unspecified atom stereocenters. The molecule has 1 aliphatic carbocycles. The Balaban J connectivity index is 1.70. The quantitative estimate of drug-likeness (QED) is 0.760. The molecule has 1 aromatic carbocycles. The summed E-state index contributed by atoms with van der Waals surface area (Å²) in [5.41, 5.74) is -0.0939. The molecule has 1 heterocycles. The number of carbonyl (C=O) groups is 3. The zero-order valence-corrected chi connectivity index (χ0v) is 16.6. The van der Waals surface area contributed by atoms with Crippen molar-refractivity contribution < 1.29 is 18.8 Å². The van der Waals surface area contributed by atoms with Crippen LogP contribution >= 0.6 is 0 Å². The van der Waals surface area contributed by atoms with Crippen molar-refractivity contribution in [2.24, 2.45) is 11.8 Å². The minimum Gasteiger partial charge on any atom is -0.347 e. The molecule has 1 saturated carbocycles. The summed E-state index contributed by atoms with van der Waals surface area (Å²) in [5, 5.41) is 5.74. The third-order valence-electron chi connectivity index (χ3n) is 6.02.